The Hall–Kier alpha value is -2.37. The molecule has 2 N–H and O–H groups in total. The highest BCUT2D eigenvalue weighted by Gasteiger charge is 2.09. The molecule has 0 radical (unpaired) electrons. The highest BCUT2D eigenvalue weighted by Crippen LogP contribution is 2.19. The van der Waals surface area contributed by atoms with Gasteiger partial charge < -0.3 is 10.3 Å². The van der Waals surface area contributed by atoms with Crippen molar-refractivity contribution in [1.29, 1.82) is 0 Å². The van der Waals surface area contributed by atoms with Crippen molar-refractivity contribution in [1.82, 2.24) is 19.3 Å². The average molecular weight is 259 g/mol. The molecule has 0 unspecified atom stereocenters. The van der Waals surface area contributed by atoms with Gasteiger partial charge in [-0.3, -0.25) is 4.68 Å². The second-order valence-electron chi connectivity index (χ2n) is 4.45. The summed E-state index contributed by atoms with van der Waals surface area (Å²) >= 11 is 0. The van der Waals surface area contributed by atoms with Crippen LogP contribution in [0.4, 0.5) is 10.3 Å². The first-order chi connectivity index (χ1) is 9.15. The van der Waals surface area contributed by atoms with Gasteiger partial charge in [-0.25, -0.2) is 9.37 Å². The standard InChI is InChI=1S/C13H14FN5/c1-18-10(4-6-16-18)5-7-19-12-3-2-9(14)8-11(12)17-13(19)15/h2-4,6,8H,5,7H2,1H3,(H2,15,17). The lowest BCUT2D eigenvalue weighted by atomic mass is 10.3. The predicted octanol–water partition coefficient (Wildman–Crippen LogP) is 1.73. The van der Waals surface area contributed by atoms with E-state index in [0.717, 1.165) is 17.6 Å². The van der Waals surface area contributed by atoms with Crippen molar-refractivity contribution < 1.29 is 4.39 Å². The van der Waals surface area contributed by atoms with Crippen molar-refractivity contribution in [3.8, 4) is 0 Å². The Kier molecular flexibility index (Phi) is 2.70. The van der Waals surface area contributed by atoms with Crippen LogP contribution in [0.25, 0.3) is 11.0 Å². The number of rotatable bonds is 3. The zero-order valence-corrected chi connectivity index (χ0v) is 10.5. The Morgan fingerprint density at radius 2 is 2.16 bits per heavy atom. The summed E-state index contributed by atoms with van der Waals surface area (Å²) in [5.41, 5.74) is 8.44. The Bertz CT molecular complexity index is 728. The molecule has 2 heterocycles. The first kappa shape index (κ1) is 11.7. The number of nitrogens with two attached hydrogens (primary N) is 1. The number of imidazole rings is 1. The molecular weight excluding hydrogens is 245 g/mol. The second-order valence-corrected chi connectivity index (χ2v) is 4.45. The number of hydrogen-bond acceptors (Lipinski definition) is 3. The topological polar surface area (TPSA) is 61.7 Å². The lowest BCUT2D eigenvalue weighted by Crippen LogP contribution is -2.08. The molecule has 1 aromatic carbocycles. The number of halogens is 1. The van der Waals surface area contributed by atoms with Gasteiger partial charge in [0.25, 0.3) is 0 Å². The Morgan fingerprint density at radius 3 is 2.89 bits per heavy atom. The third-order valence-corrected chi connectivity index (χ3v) is 3.25. The zero-order valence-electron chi connectivity index (χ0n) is 10.5. The minimum atomic E-state index is -0.302. The summed E-state index contributed by atoms with van der Waals surface area (Å²) in [5.74, 6) is 0.103. The van der Waals surface area contributed by atoms with E-state index < -0.39 is 0 Å². The van der Waals surface area contributed by atoms with Crippen LogP contribution in [0.15, 0.2) is 30.5 Å². The van der Waals surface area contributed by atoms with Gasteiger partial charge in [-0.2, -0.15) is 5.10 Å². The van der Waals surface area contributed by atoms with Gasteiger partial charge in [0.15, 0.2) is 0 Å². The largest absolute Gasteiger partial charge is 0.369 e. The van der Waals surface area contributed by atoms with E-state index in [1.807, 2.05) is 22.4 Å². The van der Waals surface area contributed by atoms with Crippen molar-refractivity contribution in [3.05, 3.63) is 42.0 Å². The van der Waals surface area contributed by atoms with E-state index in [9.17, 15) is 4.39 Å². The number of hydrogen-bond donors (Lipinski definition) is 1. The molecule has 3 rings (SSSR count). The van der Waals surface area contributed by atoms with Crippen LogP contribution in [-0.4, -0.2) is 19.3 Å². The summed E-state index contributed by atoms with van der Waals surface area (Å²) < 4.78 is 16.9. The Labute approximate surface area is 109 Å². The summed E-state index contributed by atoms with van der Waals surface area (Å²) in [6.45, 7) is 0.688. The first-order valence-corrected chi connectivity index (χ1v) is 6.03. The van der Waals surface area contributed by atoms with Crippen LogP contribution in [0.3, 0.4) is 0 Å². The highest BCUT2D eigenvalue weighted by molar-refractivity contribution is 5.78. The first-order valence-electron chi connectivity index (χ1n) is 6.03. The molecule has 0 saturated carbocycles. The number of fused-ring (bicyclic) bond motifs is 1. The Balaban J connectivity index is 1.92. The number of aryl methyl sites for hydroxylation is 3. The number of benzene rings is 1. The van der Waals surface area contributed by atoms with Crippen molar-refractivity contribution in [2.24, 2.45) is 7.05 Å². The van der Waals surface area contributed by atoms with Gasteiger partial charge >= 0.3 is 0 Å². The van der Waals surface area contributed by atoms with E-state index in [1.165, 1.54) is 12.1 Å². The predicted molar refractivity (Wildman–Crippen MR) is 71.0 cm³/mol. The molecule has 98 valence electrons. The van der Waals surface area contributed by atoms with Crippen LogP contribution in [0, 0.1) is 5.82 Å². The fourth-order valence-electron chi connectivity index (χ4n) is 2.23. The molecule has 0 spiro atoms. The van der Waals surface area contributed by atoms with Gasteiger partial charge in [0.05, 0.1) is 11.0 Å². The van der Waals surface area contributed by atoms with Crippen molar-refractivity contribution in [2.45, 2.75) is 13.0 Å². The maximum atomic E-state index is 13.1. The van der Waals surface area contributed by atoms with Gasteiger partial charge in [0.2, 0.25) is 5.95 Å². The average Bonchev–Trinajstić information content (AvgIpc) is 2.90. The fraction of sp³-hybridized carbons (Fsp3) is 0.231. The third-order valence-electron chi connectivity index (χ3n) is 3.25. The molecule has 0 saturated heterocycles. The van der Waals surface area contributed by atoms with E-state index in [-0.39, 0.29) is 5.82 Å². The van der Waals surface area contributed by atoms with Crippen molar-refractivity contribution in [2.75, 3.05) is 5.73 Å². The number of nitrogens with zero attached hydrogens (tertiary/aromatic N) is 4. The van der Waals surface area contributed by atoms with Crippen LogP contribution in [-0.2, 0) is 20.0 Å². The Morgan fingerprint density at radius 1 is 1.32 bits per heavy atom. The molecule has 0 aliphatic heterocycles. The maximum Gasteiger partial charge on any atom is 0.201 e. The minimum absolute atomic E-state index is 0.302. The molecule has 3 aromatic rings. The summed E-state index contributed by atoms with van der Waals surface area (Å²) in [4.78, 5) is 4.17. The highest BCUT2D eigenvalue weighted by atomic mass is 19.1. The summed E-state index contributed by atoms with van der Waals surface area (Å²) in [7, 11) is 1.90. The molecule has 2 aromatic heterocycles. The van der Waals surface area contributed by atoms with Crippen LogP contribution in [0.1, 0.15) is 5.69 Å². The normalized spacial score (nSPS) is 11.3. The lowest BCUT2D eigenvalue weighted by Gasteiger charge is -2.06. The summed E-state index contributed by atoms with van der Waals surface area (Å²) in [6, 6.07) is 6.49. The van der Waals surface area contributed by atoms with Crippen LogP contribution in [0.5, 0.6) is 0 Å². The van der Waals surface area contributed by atoms with E-state index >= 15 is 0 Å². The van der Waals surface area contributed by atoms with E-state index in [0.29, 0.717) is 18.0 Å². The maximum absolute atomic E-state index is 13.1. The van der Waals surface area contributed by atoms with Gasteiger partial charge in [-0.15, -0.1) is 0 Å². The van der Waals surface area contributed by atoms with Gasteiger partial charge in [0, 0.05) is 38.0 Å². The third kappa shape index (κ3) is 2.05. The molecule has 0 aliphatic rings. The summed E-state index contributed by atoms with van der Waals surface area (Å²) in [5, 5.41) is 4.12. The van der Waals surface area contributed by atoms with Crippen LogP contribution in [0.2, 0.25) is 0 Å². The molecular formula is C13H14FN5. The number of anilines is 1. The zero-order chi connectivity index (χ0) is 13.4. The molecule has 5 nitrogen and oxygen atoms in total. The van der Waals surface area contributed by atoms with Gasteiger partial charge in [-0.1, -0.05) is 0 Å². The molecule has 0 fully saturated rings. The second kappa shape index (κ2) is 4.38. The molecule has 0 bridgehead atoms. The van der Waals surface area contributed by atoms with Crippen molar-refractivity contribution >= 4 is 17.0 Å². The van der Waals surface area contributed by atoms with E-state index in [2.05, 4.69) is 10.1 Å². The number of nitrogen functional groups attached to an aromatic ring is 1. The van der Waals surface area contributed by atoms with Crippen LogP contribution < -0.4 is 5.73 Å². The van der Waals surface area contributed by atoms with E-state index in [1.54, 1.807) is 12.3 Å². The lowest BCUT2D eigenvalue weighted by molar-refractivity contribution is 0.628. The monoisotopic (exact) mass is 259 g/mol. The molecule has 19 heavy (non-hydrogen) atoms. The van der Waals surface area contributed by atoms with Gasteiger partial charge in [0.1, 0.15) is 5.82 Å². The number of aromatic nitrogens is 4. The van der Waals surface area contributed by atoms with Crippen LogP contribution >= 0.6 is 0 Å². The van der Waals surface area contributed by atoms with E-state index in [4.69, 9.17) is 5.73 Å². The molecule has 6 heteroatoms. The SMILES string of the molecule is Cn1nccc1CCn1c(N)nc2cc(F)ccc21. The fourth-order valence-corrected chi connectivity index (χ4v) is 2.23. The van der Waals surface area contributed by atoms with Gasteiger partial charge in [-0.05, 0) is 18.2 Å². The summed E-state index contributed by atoms with van der Waals surface area (Å²) in [6.07, 6.45) is 2.56. The molecule has 0 atom stereocenters. The molecule has 0 amide bonds. The van der Waals surface area contributed by atoms with Crippen molar-refractivity contribution in [3.63, 3.8) is 0 Å². The quantitative estimate of drug-likeness (QED) is 0.779. The minimum Gasteiger partial charge on any atom is -0.369 e. The smallest absolute Gasteiger partial charge is 0.201 e. The molecule has 0 aliphatic carbocycles.